The average molecular weight is 86.1 g/mol. The predicted molar refractivity (Wildman–Crippen MR) is 26.5 cm³/mol. The highest BCUT2D eigenvalue weighted by Gasteiger charge is 1.65. The topological polar surface area (TPSA) is 20.2 Å². The van der Waals surface area contributed by atoms with Crippen molar-refractivity contribution in [2.24, 2.45) is 0 Å². The fraction of sp³-hybridized carbons (Fsp3) is 0.600. The molecule has 1 N–H and O–H groups in total. The first kappa shape index (κ1) is 5.70. The Labute approximate surface area is 38.3 Å². The fourth-order valence-electron chi connectivity index (χ4n) is 0.241. The molecule has 1 heteroatoms. The second-order valence-electron chi connectivity index (χ2n) is 1.08. The van der Waals surface area contributed by atoms with Crippen LogP contribution in [0.5, 0.6) is 0 Å². The number of hydrogen-bond donors (Lipinski definition) is 1. The van der Waals surface area contributed by atoms with Gasteiger partial charge in [-0.05, 0) is 13.3 Å². The van der Waals surface area contributed by atoms with Gasteiger partial charge >= 0.3 is 0 Å². The van der Waals surface area contributed by atoms with Crippen LogP contribution in [0.25, 0.3) is 0 Å². The third kappa shape index (κ3) is 3.70. The quantitative estimate of drug-likeness (QED) is 0.496. The molecule has 0 saturated heterocycles. The summed E-state index contributed by atoms with van der Waals surface area (Å²) in [6, 6.07) is 0. The van der Waals surface area contributed by atoms with Crippen LogP contribution in [0.1, 0.15) is 13.3 Å². The molecule has 36 valence electrons. The lowest BCUT2D eigenvalue weighted by molar-refractivity contribution is 0.302. The van der Waals surface area contributed by atoms with Crippen molar-refractivity contribution in [3.05, 3.63) is 12.2 Å². The van der Waals surface area contributed by atoms with Gasteiger partial charge in [0, 0.05) is 6.61 Å². The summed E-state index contributed by atoms with van der Waals surface area (Å²) in [6.07, 6.45) is 4.65. The van der Waals surface area contributed by atoms with Gasteiger partial charge in [-0.15, -0.1) is 0 Å². The van der Waals surface area contributed by atoms with Crippen LogP contribution in [0.4, 0.5) is 0 Å². The maximum Gasteiger partial charge on any atom is 0.0465 e. The number of allylic oxidation sites excluding steroid dienone is 1. The summed E-state index contributed by atoms with van der Waals surface area (Å²) < 4.78 is 0. The van der Waals surface area contributed by atoms with Crippen molar-refractivity contribution in [2.45, 2.75) is 13.3 Å². The molecule has 0 atom stereocenters. The lowest BCUT2D eigenvalue weighted by atomic mass is 10.4. The van der Waals surface area contributed by atoms with E-state index in [-0.39, 0.29) is 6.61 Å². The highest BCUT2D eigenvalue weighted by atomic mass is 16.2. The van der Waals surface area contributed by atoms with Crippen LogP contribution in [0.3, 0.4) is 0 Å². The first-order valence-electron chi connectivity index (χ1n) is 2.14. The molecule has 0 radical (unpaired) electrons. The standard InChI is InChI=1S/C5H10O/c1-2-3-4-5-6/h2-3,6H,4-5H2,1H3. The molecule has 0 unspecified atom stereocenters. The normalized spacial score (nSPS) is 10.3. The zero-order chi connectivity index (χ0) is 4.83. The molecule has 0 bridgehead atoms. The minimum atomic E-state index is 0.268. The number of hydrogen-bond acceptors (Lipinski definition) is 1. The second kappa shape index (κ2) is 4.70. The number of rotatable bonds is 2. The lowest BCUT2D eigenvalue weighted by Crippen LogP contribution is -1.73. The minimum Gasteiger partial charge on any atom is -0.396 e. The Bertz CT molecular complexity index is 39.2. The van der Waals surface area contributed by atoms with E-state index in [9.17, 15) is 0 Å². The largest absolute Gasteiger partial charge is 0.396 e. The number of aliphatic hydroxyl groups excluding tert-OH is 1. The molecule has 0 heterocycles. The molecule has 0 saturated carbocycles. The van der Waals surface area contributed by atoms with E-state index in [1.165, 1.54) is 0 Å². The Morgan fingerprint density at radius 3 is 2.50 bits per heavy atom. The summed E-state index contributed by atoms with van der Waals surface area (Å²) in [5.41, 5.74) is 0. The zero-order valence-electron chi connectivity index (χ0n) is 4.02. The summed E-state index contributed by atoms with van der Waals surface area (Å²) in [6.45, 7) is 2.21. The van der Waals surface area contributed by atoms with Gasteiger partial charge in [0.25, 0.3) is 0 Å². The lowest BCUT2D eigenvalue weighted by Gasteiger charge is -1.76. The molecule has 0 aromatic heterocycles. The third-order valence-corrected chi connectivity index (χ3v) is 0.531. The smallest absolute Gasteiger partial charge is 0.0465 e. The van der Waals surface area contributed by atoms with Crippen molar-refractivity contribution in [1.82, 2.24) is 0 Å². The highest BCUT2D eigenvalue weighted by molar-refractivity contribution is 4.75. The van der Waals surface area contributed by atoms with Crippen LogP contribution < -0.4 is 0 Å². The van der Waals surface area contributed by atoms with Crippen molar-refractivity contribution >= 4 is 0 Å². The van der Waals surface area contributed by atoms with Gasteiger partial charge in [0.15, 0.2) is 0 Å². The molecule has 0 aromatic carbocycles. The molecular weight excluding hydrogens is 76.1 g/mol. The highest BCUT2D eigenvalue weighted by Crippen LogP contribution is 1.75. The summed E-state index contributed by atoms with van der Waals surface area (Å²) in [5, 5.41) is 8.15. The molecule has 0 aromatic rings. The maximum atomic E-state index is 8.15. The van der Waals surface area contributed by atoms with Crippen LogP contribution in [0, 0.1) is 0 Å². The summed E-state index contributed by atoms with van der Waals surface area (Å²) in [5.74, 6) is 0. The SMILES string of the molecule is CC=CCCO. The van der Waals surface area contributed by atoms with Crippen molar-refractivity contribution in [3.63, 3.8) is 0 Å². The summed E-state index contributed by atoms with van der Waals surface area (Å²) in [7, 11) is 0. The van der Waals surface area contributed by atoms with E-state index in [4.69, 9.17) is 5.11 Å². The van der Waals surface area contributed by atoms with Gasteiger partial charge in [0.2, 0.25) is 0 Å². The van der Waals surface area contributed by atoms with Crippen LogP contribution in [0.2, 0.25) is 0 Å². The predicted octanol–water partition coefficient (Wildman–Crippen LogP) is 0.945. The van der Waals surface area contributed by atoms with E-state index < -0.39 is 0 Å². The summed E-state index contributed by atoms with van der Waals surface area (Å²) in [4.78, 5) is 0. The van der Waals surface area contributed by atoms with E-state index in [2.05, 4.69) is 0 Å². The van der Waals surface area contributed by atoms with Crippen LogP contribution >= 0.6 is 0 Å². The molecule has 0 fully saturated rings. The first-order valence-corrected chi connectivity index (χ1v) is 2.14. The number of aliphatic hydroxyl groups is 1. The molecular formula is C5H10O. The zero-order valence-corrected chi connectivity index (χ0v) is 4.02. The Morgan fingerprint density at radius 1 is 1.67 bits per heavy atom. The van der Waals surface area contributed by atoms with Gasteiger partial charge in [-0.1, -0.05) is 12.2 Å². The monoisotopic (exact) mass is 86.1 g/mol. The fourth-order valence-corrected chi connectivity index (χ4v) is 0.241. The Balaban J connectivity index is 2.66. The van der Waals surface area contributed by atoms with Gasteiger partial charge < -0.3 is 5.11 Å². The Morgan fingerprint density at radius 2 is 2.33 bits per heavy atom. The van der Waals surface area contributed by atoms with E-state index in [0.717, 1.165) is 6.42 Å². The van der Waals surface area contributed by atoms with E-state index in [1.54, 1.807) is 0 Å². The molecule has 1 nitrogen and oxygen atoms in total. The second-order valence-corrected chi connectivity index (χ2v) is 1.08. The minimum absolute atomic E-state index is 0.268. The van der Waals surface area contributed by atoms with Gasteiger partial charge in [-0.25, -0.2) is 0 Å². The van der Waals surface area contributed by atoms with E-state index in [1.807, 2.05) is 19.1 Å². The van der Waals surface area contributed by atoms with Gasteiger partial charge in [0.05, 0.1) is 0 Å². The molecule has 0 amide bonds. The molecule has 0 aliphatic carbocycles. The van der Waals surface area contributed by atoms with Crippen molar-refractivity contribution in [3.8, 4) is 0 Å². The van der Waals surface area contributed by atoms with Crippen LogP contribution in [-0.4, -0.2) is 11.7 Å². The average Bonchev–Trinajstić information content (AvgIpc) is 1.61. The van der Waals surface area contributed by atoms with Gasteiger partial charge in [-0.2, -0.15) is 0 Å². The Hall–Kier alpha value is -0.300. The maximum absolute atomic E-state index is 8.15. The molecule has 0 aliphatic rings. The van der Waals surface area contributed by atoms with E-state index >= 15 is 0 Å². The van der Waals surface area contributed by atoms with Gasteiger partial charge in [-0.3, -0.25) is 0 Å². The van der Waals surface area contributed by atoms with Crippen molar-refractivity contribution in [1.29, 1.82) is 0 Å². The summed E-state index contributed by atoms with van der Waals surface area (Å²) >= 11 is 0. The Kier molecular flexibility index (Phi) is 4.46. The van der Waals surface area contributed by atoms with Crippen LogP contribution in [0.15, 0.2) is 12.2 Å². The third-order valence-electron chi connectivity index (χ3n) is 0.531. The van der Waals surface area contributed by atoms with Crippen LogP contribution in [-0.2, 0) is 0 Å². The molecule has 0 rings (SSSR count). The van der Waals surface area contributed by atoms with Crippen molar-refractivity contribution in [2.75, 3.05) is 6.61 Å². The first-order chi connectivity index (χ1) is 2.91. The molecule has 0 spiro atoms. The van der Waals surface area contributed by atoms with Crippen molar-refractivity contribution < 1.29 is 5.11 Å². The van der Waals surface area contributed by atoms with E-state index in [0.29, 0.717) is 0 Å². The molecule has 0 aliphatic heterocycles. The molecule has 6 heavy (non-hydrogen) atoms. The van der Waals surface area contributed by atoms with Gasteiger partial charge in [0.1, 0.15) is 0 Å².